The minimum Gasteiger partial charge on any atom is -0.313 e. The molecule has 1 N–H and O–H groups in total. The Morgan fingerprint density at radius 2 is 2.17 bits per heavy atom. The van der Waals surface area contributed by atoms with Gasteiger partial charge in [-0.2, -0.15) is 5.10 Å². The molecule has 18 heavy (non-hydrogen) atoms. The molecule has 0 aliphatic heterocycles. The van der Waals surface area contributed by atoms with Crippen LogP contribution in [0.2, 0.25) is 0 Å². The second-order valence-electron chi connectivity index (χ2n) is 5.53. The van der Waals surface area contributed by atoms with Gasteiger partial charge in [-0.25, -0.2) is 0 Å². The average molecular weight is 249 g/mol. The van der Waals surface area contributed by atoms with Gasteiger partial charge in [0.05, 0.1) is 12.2 Å². The third-order valence-corrected chi connectivity index (χ3v) is 4.14. The van der Waals surface area contributed by atoms with Crippen LogP contribution in [-0.2, 0) is 6.54 Å². The Hall–Kier alpha value is -0.830. The van der Waals surface area contributed by atoms with Crippen LogP contribution in [0.15, 0.2) is 12.4 Å². The normalized spacial score (nSPS) is 24.3. The molecule has 0 aromatic carbocycles. The minimum atomic E-state index is 0.642. The molecule has 2 rings (SSSR count). The zero-order valence-electron chi connectivity index (χ0n) is 11.9. The Kier molecular flexibility index (Phi) is 5.24. The van der Waals surface area contributed by atoms with E-state index in [1.807, 2.05) is 6.20 Å². The Bertz CT molecular complexity index is 345. The molecule has 2 atom stereocenters. The van der Waals surface area contributed by atoms with Crippen LogP contribution in [0.1, 0.15) is 64.0 Å². The monoisotopic (exact) mass is 249 g/mol. The first-order valence-corrected chi connectivity index (χ1v) is 7.58. The van der Waals surface area contributed by atoms with Crippen molar-refractivity contribution in [3.8, 4) is 0 Å². The van der Waals surface area contributed by atoms with Crippen LogP contribution < -0.4 is 5.32 Å². The number of aromatic nitrogens is 2. The van der Waals surface area contributed by atoms with Gasteiger partial charge in [-0.1, -0.05) is 33.1 Å². The molecule has 0 bridgehead atoms. The fourth-order valence-corrected chi connectivity index (χ4v) is 3.07. The third kappa shape index (κ3) is 3.35. The van der Waals surface area contributed by atoms with Crippen molar-refractivity contribution in [2.24, 2.45) is 5.92 Å². The van der Waals surface area contributed by atoms with Crippen LogP contribution in [-0.4, -0.2) is 16.3 Å². The number of nitrogens with zero attached hydrogens (tertiary/aromatic N) is 2. The zero-order valence-corrected chi connectivity index (χ0v) is 11.9. The van der Waals surface area contributed by atoms with E-state index in [0.29, 0.717) is 6.04 Å². The van der Waals surface area contributed by atoms with Crippen molar-refractivity contribution in [3.05, 3.63) is 18.0 Å². The number of rotatable bonds is 6. The Balaban J connectivity index is 1.95. The van der Waals surface area contributed by atoms with Gasteiger partial charge < -0.3 is 5.32 Å². The summed E-state index contributed by atoms with van der Waals surface area (Å²) in [4.78, 5) is 0. The molecule has 0 radical (unpaired) electrons. The highest BCUT2D eigenvalue weighted by Gasteiger charge is 2.25. The lowest BCUT2D eigenvalue weighted by atomic mass is 9.83. The number of hydrogen-bond donors (Lipinski definition) is 1. The lowest BCUT2D eigenvalue weighted by Gasteiger charge is -2.30. The van der Waals surface area contributed by atoms with Crippen LogP contribution in [0.4, 0.5) is 0 Å². The fourth-order valence-electron chi connectivity index (χ4n) is 3.07. The SMILES string of the molecule is CCCNCc1cnn(C2CCCCC2CC)c1. The fraction of sp³-hybridized carbons (Fsp3) is 0.800. The first-order chi connectivity index (χ1) is 8.85. The van der Waals surface area contributed by atoms with E-state index < -0.39 is 0 Å². The van der Waals surface area contributed by atoms with E-state index in [-0.39, 0.29) is 0 Å². The van der Waals surface area contributed by atoms with Gasteiger partial charge in [-0.15, -0.1) is 0 Å². The molecule has 3 nitrogen and oxygen atoms in total. The second-order valence-corrected chi connectivity index (χ2v) is 5.53. The van der Waals surface area contributed by atoms with Gasteiger partial charge in [-0.3, -0.25) is 4.68 Å². The van der Waals surface area contributed by atoms with Crippen molar-refractivity contribution in [2.45, 2.75) is 65.0 Å². The summed E-state index contributed by atoms with van der Waals surface area (Å²) in [5.41, 5.74) is 1.32. The maximum Gasteiger partial charge on any atom is 0.0547 e. The molecule has 1 heterocycles. The average Bonchev–Trinajstić information content (AvgIpc) is 2.88. The molecule has 102 valence electrons. The molecule has 1 aromatic rings. The molecule has 1 saturated carbocycles. The smallest absolute Gasteiger partial charge is 0.0547 e. The van der Waals surface area contributed by atoms with Crippen LogP contribution >= 0.6 is 0 Å². The summed E-state index contributed by atoms with van der Waals surface area (Å²) < 4.78 is 2.23. The largest absolute Gasteiger partial charge is 0.313 e. The van der Waals surface area contributed by atoms with E-state index in [1.54, 1.807) is 0 Å². The molecular weight excluding hydrogens is 222 g/mol. The molecular formula is C15H27N3. The topological polar surface area (TPSA) is 29.9 Å². The van der Waals surface area contributed by atoms with Gasteiger partial charge in [0.1, 0.15) is 0 Å². The quantitative estimate of drug-likeness (QED) is 0.782. The standard InChI is InChI=1S/C15H27N3/c1-3-9-16-10-13-11-17-18(12-13)15-8-6-5-7-14(15)4-2/h11-12,14-16H,3-10H2,1-2H3. The first kappa shape index (κ1) is 13.6. The van der Waals surface area contributed by atoms with Crippen molar-refractivity contribution in [1.82, 2.24) is 15.1 Å². The van der Waals surface area contributed by atoms with Gasteiger partial charge in [0.25, 0.3) is 0 Å². The predicted octanol–water partition coefficient (Wildman–Crippen LogP) is 3.52. The molecule has 1 fully saturated rings. The number of nitrogens with one attached hydrogen (secondary N) is 1. The van der Waals surface area contributed by atoms with E-state index in [0.717, 1.165) is 19.0 Å². The summed E-state index contributed by atoms with van der Waals surface area (Å²) in [6.45, 7) is 6.56. The first-order valence-electron chi connectivity index (χ1n) is 7.58. The maximum absolute atomic E-state index is 4.59. The number of hydrogen-bond acceptors (Lipinski definition) is 2. The van der Waals surface area contributed by atoms with Gasteiger partial charge in [0.15, 0.2) is 0 Å². The molecule has 1 aliphatic carbocycles. The van der Waals surface area contributed by atoms with Gasteiger partial charge in [-0.05, 0) is 31.7 Å². The minimum absolute atomic E-state index is 0.642. The molecule has 1 aliphatic rings. The highest BCUT2D eigenvalue weighted by Crippen LogP contribution is 2.35. The van der Waals surface area contributed by atoms with E-state index in [1.165, 1.54) is 44.1 Å². The van der Waals surface area contributed by atoms with Crippen LogP contribution in [0.25, 0.3) is 0 Å². The van der Waals surface area contributed by atoms with Crippen molar-refractivity contribution in [3.63, 3.8) is 0 Å². The van der Waals surface area contributed by atoms with Crippen LogP contribution in [0, 0.1) is 5.92 Å². The maximum atomic E-state index is 4.59. The third-order valence-electron chi connectivity index (χ3n) is 4.14. The summed E-state index contributed by atoms with van der Waals surface area (Å²) >= 11 is 0. The Labute approximate surface area is 111 Å². The van der Waals surface area contributed by atoms with Crippen LogP contribution in [0.5, 0.6) is 0 Å². The highest BCUT2D eigenvalue weighted by atomic mass is 15.3. The summed E-state index contributed by atoms with van der Waals surface area (Å²) in [7, 11) is 0. The molecule has 2 unspecified atom stereocenters. The summed E-state index contributed by atoms with van der Waals surface area (Å²) in [6, 6.07) is 0.642. The van der Waals surface area contributed by atoms with Crippen molar-refractivity contribution in [2.75, 3.05) is 6.54 Å². The highest BCUT2D eigenvalue weighted by molar-refractivity contribution is 5.04. The molecule has 3 heteroatoms. The van der Waals surface area contributed by atoms with E-state index in [9.17, 15) is 0 Å². The molecule has 1 aromatic heterocycles. The van der Waals surface area contributed by atoms with Gasteiger partial charge >= 0.3 is 0 Å². The summed E-state index contributed by atoms with van der Waals surface area (Å²) in [5.74, 6) is 0.829. The van der Waals surface area contributed by atoms with E-state index in [2.05, 4.69) is 35.1 Å². The Morgan fingerprint density at radius 1 is 1.33 bits per heavy atom. The zero-order chi connectivity index (χ0) is 12.8. The lowest BCUT2D eigenvalue weighted by Crippen LogP contribution is -2.23. The van der Waals surface area contributed by atoms with Gasteiger partial charge in [0.2, 0.25) is 0 Å². The van der Waals surface area contributed by atoms with E-state index in [4.69, 9.17) is 0 Å². The second kappa shape index (κ2) is 6.93. The predicted molar refractivity (Wildman–Crippen MR) is 75.5 cm³/mol. The van der Waals surface area contributed by atoms with Gasteiger partial charge in [0, 0.05) is 18.3 Å². The summed E-state index contributed by atoms with van der Waals surface area (Å²) in [6.07, 6.45) is 12.2. The summed E-state index contributed by atoms with van der Waals surface area (Å²) in [5, 5.41) is 8.03. The molecule has 0 amide bonds. The molecule has 0 saturated heterocycles. The van der Waals surface area contributed by atoms with Crippen molar-refractivity contribution in [1.29, 1.82) is 0 Å². The van der Waals surface area contributed by atoms with Crippen LogP contribution in [0.3, 0.4) is 0 Å². The Morgan fingerprint density at radius 3 is 2.94 bits per heavy atom. The lowest BCUT2D eigenvalue weighted by molar-refractivity contribution is 0.217. The van der Waals surface area contributed by atoms with E-state index >= 15 is 0 Å². The van der Waals surface area contributed by atoms with Crippen molar-refractivity contribution >= 4 is 0 Å². The molecule has 0 spiro atoms. The van der Waals surface area contributed by atoms with Crippen molar-refractivity contribution < 1.29 is 0 Å².